The molecule has 1 aromatic carbocycles. The van der Waals surface area contributed by atoms with Crippen molar-refractivity contribution in [3.05, 3.63) is 53.7 Å². The monoisotopic (exact) mass is 341 g/mol. The summed E-state index contributed by atoms with van der Waals surface area (Å²) in [5, 5.41) is 5.20. The standard InChI is InChI=1S/C17H15N3O3S/c1-22-11-6-7-12(15(9-11)23-2)19-16(21)14-10-24-17(20-14)13-5-3-4-8-18-13/h3-10H,1-2H3,(H,19,21). The third-order valence-corrected chi connectivity index (χ3v) is 4.14. The summed E-state index contributed by atoms with van der Waals surface area (Å²) < 4.78 is 10.4. The maximum atomic E-state index is 12.4. The van der Waals surface area contributed by atoms with Gasteiger partial charge in [-0.1, -0.05) is 6.07 Å². The lowest BCUT2D eigenvalue weighted by Crippen LogP contribution is -2.13. The number of carbonyl (C=O) groups excluding carboxylic acids is 1. The summed E-state index contributed by atoms with van der Waals surface area (Å²) in [6.45, 7) is 0. The Labute approximate surface area is 143 Å². The van der Waals surface area contributed by atoms with E-state index in [0.29, 0.717) is 27.9 Å². The molecule has 0 saturated heterocycles. The van der Waals surface area contributed by atoms with Crippen LogP contribution in [-0.4, -0.2) is 30.1 Å². The van der Waals surface area contributed by atoms with Crippen LogP contribution in [0.4, 0.5) is 5.69 Å². The van der Waals surface area contributed by atoms with Gasteiger partial charge in [0.25, 0.3) is 5.91 Å². The molecule has 3 aromatic rings. The predicted molar refractivity (Wildman–Crippen MR) is 92.8 cm³/mol. The van der Waals surface area contributed by atoms with Crippen molar-refractivity contribution in [1.82, 2.24) is 9.97 Å². The summed E-state index contributed by atoms with van der Waals surface area (Å²) in [4.78, 5) is 21.0. The Morgan fingerprint density at radius 3 is 2.75 bits per heavy atom. The summed E-state index contributed by atoms with van der Waals surface area (Å²) >= 11 is 1.37. The quantitative estimate of drug-likeness (QED) is 0.769. The number of benzene rings is 1. The number of hydrogen-bond acceptors (Lipinski definition) is 6. The molecule has 0 saturated carbocycles. The summed E-state index contributed by atoms with van der Waals surface area (Å²) in [7, 11) is 3.11. The fourth-order valence-electron chi connectivity index (χ4n) is 2.07. The van der Waals surface area contributed by atoms with Crippen molar-refractivity contribution in [2.75, 3.05) is 19.5 Å². The third-order valence-electron chi connectivity index (χ3n) is 3.28. The van der Waals surface area contributed by atoms with Gasteiger partial charge in [0.05, 0.1) is 25.6 Å². The third kappa shape index (κ3) is 3.36. The highest BCUT2D eigenvalue weighted by molar-refractivity contribution is 7.13. The molecule has 2 heterocycles. The fourth-order valence-corrected chi connectivity index (χ4v) is 2.85. The van der Waals surface area contributed by atoms with Gasteiger partial charge in [0.1, 0.15) is 22.2 Å². The molecule has 1 N–H and O–H groups in total. The number of methoxy groups -OCH3 is 2. The fraction of sp³-hybridized carbons (Fsp3) is 0.118. The zero-order valence-electron chi connectivity index (χ0n) is 13.1. The highest BCUT2D eigenvalue weighted by Gasteiger charge is 2.15. The van der Waals surface area contributed by atoms with Crippen LogP contribution in [-0.2, 0) is 0 Å². The van der Waals surface area contributed by atoms with Gasteiger partial charge in [-0.3, -0.25) is 9.78 Å². The zero-order chi connectivity index (χ0) is 16.9. The van der Waals surface area contributed by atoms with Crippen molar-refractivity contribution >= 4 is 22.9 Å². The summed E-state index contributed by atoms with van der Waals surface area (Å²) in [6, 6.07) is 10.7. The molecule has 3 rings (SSSR count). The molecule has 0 atom stereocenters. The molecule has 1 amide bonds. The Hall–Kier alpha value is -2.93. The van der Waals surface area contributed by atoms with Crippen LogP contribution in [0.15, 0.2) is 48.0 Å². The van der Waals surface area contributed by atoms with E-state index >= 15 is 0 Å². The molecule has 0 aliphatic carbocycles. The summed E-state index contributed by atoms with van der Waals surface area (Å²) in [5.74, 6) is 0.857. The second kappa shape index (κ2) is 7.10. The Balaban J connectivity index is 1.80. The van der Waals surface area contributed by atoms with E-state index < -0.39 is 0 Å². The first kappa shape index (κ1) is 15.9. The van der Waals surface area contributed by atoms with Gasteiger partial charge in [-0.05, 0) is 24.3 Å². The zero-order valence-corrected chi connectivity index (χ0v) is 14.0. The van der Waals surface area contributed by atoms with E-state index in [9.17, 15) is 4.79 Å². The molecular weight excluding hydrogens is 326 g/mol. The van der Waals surface area contributed by atoms with Crippen molar-refractivity contribution in [2.45, 2.75) is 0 Å². The van der Waals surface area contributed by atoms with Crippen LogP contribution >= 0.6 is 11.3 Å². The Morgan fingerprint density at radius 2 is 2.04 bits per heavy atom. The van der Waals surface area contributed by atoms with Gasteiger partial charge in [-0.2, -0.15) is 0 Å². The van der Waals surface area contributed by atoms with Gasteiger partial charge in [-0.25, -0.2) is 4.98 Å². The average molecular weight is 341 g/mol. The van der Waals surface area contributed by atoms with Gasteiger partial charge in [0.2, 0.25) is 0 Å². The number of pyridine rings is 1. The molecule has 0 spiro atoms. The minimum absolute atomic E-state index is 0.308. The maximum Gasteiger partial charge on any atom is 0.275 e. The van der Waals surface area contributed by atoms with Crippen LogP contribution in [0.5, 0.6) is 11.5 Å². The van der Waals surface area contributed by atoms with Crippen LogP contribution in [0, 0.1) is 0 Å². The molecule has 0 radical (unpaired) electrons. The number of nitrogens with one attached hydrogen (secondary N) is 1. The van der Waals surface area contributed by atoms with E-state index in [4.69, 9.17) is 9.47 Å². The van der Waals surface area contributed by atoms with Crippen LogP contribution in [0.25, 0.3) is 10.7 Å². The molecule has 0 unspecified atom stereocenters. The van der Waals surface area contributed by atoms with Crippen LogP contribution < -0.4 is 14.8 Å². The Bertz CT molecular complexity index is 849. The first-order chi connectivity index (χ1) is 11.7. The second-order valence-electron chi connectivity index (χ2n) is 4.77. The number of ether oxygens (including phenoxy) is 2. The number of amides is 1. The number of aromatic nitrogens is 2. The van der Waals surface area contributed by atoms with E-state index in [1.165, 1.54) is 18.4 Å². The first-order valence-electron chi connectivity index (χ1n) is 7.11. The van der Waals surface area contributed by atoms with Gasteiger partial charge in [-0.15, -0.1) is 11.3 Å². The molecule has 0 aliphatic heterocycles. The minimum Gasteiger partial charge on any atom is -0.497 e. The number of hydrogen-bond donors (Lipinski definition) is 1. The largest absolute Gasteiger partial charge is 0.497 e. The van der Waals surface area contributed by atoms with Gasteiger partial charge < -0.3 is 14.8 Å². The number of thiazole rings is 1. The number of nitrogens with zero attached hydrogens (tertiary/aromatic N) is 2. The summed E-state index contributed by atoms with van der Waals surface area (Å²) in [5.41, 5.74) is 1.62. The lowest BCUT2D eigenvalue weighted by molar-refractivity contribution is 0.102. The van der Waals surface area contributed by atoms with Gasteiger partial charge in [0.15, 0.2) is 0 Å². The number of carbonyl (C=O) groups is 1. The highest BCUT2D eigenvalue weighted by Crippen LogP contribution is 2.30. The number of anilines is 1. The van der Waals surface area contributed by atoms with Crippen molar-refractivity contribution in [3.63, 3.8) is 0 Å². The highest BCUT2D eigenvalue weighted by atomic mass is 32.1. The molecule has 0 fully saturated rings. The molecule has 0 bridgehead atoms. The molecular formula is C17H15N3O3S. The predicted octanol–water partition coefficient (Wildman–Crippen LogP) is 3.47. The lowest BCUT2D eigenvalue weighted by Gasteiger charge is -2.10. The molecule has 0 aliphatic rings. The van der Waals surface area contributed by atoms with E-state index in [2.05, 4.69) is 15.3 Å². The number of rotatable bonds is 5. The topological polar surface area (TPSA) is 73.3 Å². The maximum absolute atomic E-state index is 12.4. The molecule has 6 nitrogen and oxygen atoms in total. The van der Waals surface area contributed by atoms with Gasteiger partial charge >= 0.3 is 0 Å². The summed E-state index contributed by atoms with van der Waals surface area (Å²) in [6.07, 6.45) is 1.69. The first-order valence-corrected chi connectivity index (χ1v) is 7.99. The van der Waals surface area contributed by atoms with E-state index in [1.807, 2.05) is 18.2 Å². The van der Waals surface area contributed by atoms with Crippen LogP contribution in [0.1, 0.15) is 10.5 Å². The van der Waals surface area contributed by atoms with Gasteiger partial charge in [0, 0.05) is 17.6 Å². The average Bonchev–Trinajstić information content (AvgIpc) is 3.13. The second-order valence-corrected chi connectivity index (χ2v) is 5.63. The normalized spacial score (nSPS) is 10.2. The van der Waals surface area contributed by atoms with Crippen LogP contribution in [0.2, 0.25) is 0 Å². The van der Waals surface area contributed by atoms with Crippen molar-refractivity contribution in [1.29, 1.82) is 0 Å². The molecule has 24 heavy (non-hydrogen) atoms. The molecule has 2 aromatic heterocycles. The lowest BCUT2D eigenvalue weighted by atomic mass is 10.2. The van der Waals surface area contributed by atoms with Crippen molar-refractivity contribution in [3.8, 4) is 22.2 Å². The van der Waals surface area contributed by atoms with Crippen LogP contribution in [0.3, 0.4) is 0 Å². The van der Waals surface area contributed by atoms with E-state index in [-0.39, 0.29) is 5.91 Å². The molecule has 7 heteroatoms. The van der Waals surface area contributed by atoms with Crippen molar-refractivity contribution in [2.24, 2.45) is 0 Å². The van der Waals surface area contributed by atoms with E-state index in [1.54, 1.807) is 36.9 Å². The van der Waals surface area contributed by atoms with Crippen molar-refractivity contribution < 1.29 is 14.3 Å². The van der Waals surface area contributed by atoms with E-state index in [0.717, 1.165) is 5.69 Å². The SMILES string of the molecule is COc1ccc(NC(=O)c2csc(-c3ccccn3)n2)c(OC)c1. The Kier molecular flexibility index (Phi) is 4.72. The Morgan fingerprint density at radius 1 is 1.17 bits per heavy atom. The smallest absolute Gasteiger partial charge is 0.275 e. The minimum atomic E-state index is -0.308. The molecule has 122 valence electrons.